The van der Waals surface area contributed by atoms with Crippen LogP contribution >= 0.6 is 0 Å². The van der Waals surface area contributed by atoms with Gasteiger partial charge in [0, 0.05) is 17.7 Å². The van der Waals surface area contributed by atoms with Crippen molar-refractivity contribution in [3.63, 3.8) is 0 Å². The van der Waals surface area contributed by atoms with Crippen molar-refractivity contribution in [2.24, 2.45) is 0 Å². The molecule has 0 atom stereocenters. The minimum absolute atomic E-state index is 0.446. The molecule has 0 heterocycles. The summed E-state index contributed by atoms with van der Waals surface area (Å²) < 4.78 is 50.4. The standard InChI is InChI=1S/C15H16F3NO5/c1-22-11-5-3-10(12(7-11)23-2)4-6-14(21)24-8-13(20)19-9-15(16,17)18/h3-7H,8-9H2,1-2H3,(H,19,20). The molecule has 0 saturated carbocycles. The van der Waals surface area contributed by atoms with Crippen molar-refractivity contribution in [1.82, 2.24) is 5.32 Å². The number of carbonyl (C=O) groups is 2. The highest BCUT2D eigenvalue weighted by molar-refractivity contribution is 5.89. The van der Waals surface area contributed by atoms with Gasteiger partial charge in [-0.05, 0) is 18.2 Å². The van der Waals surface area contributed by atoms with Gasteiger partial charge in [-0.1, -0.05) is 0 Å². The Kier molecular flexibility index (Phi) is 7.09. The van der Waals surface area contributed by atoms with Crippen molar-refractivity contribution in [3.8, 4) is 11.5 Å². The van der Waals surface area contributed by atoms with Gasteiger partial charge >= 0.3 is 12.1 Å². The molecule has 1 aromatic carbocycles. The zero-order valence-corrected chi connectivity index (χ0v) is 13.0. The van der Waals surface area contributed by atoms with E-state index in [1.807, 2.05) is 0 Å². The van der Waals surface area contributed by atoms with Crippen LogP contribution in [0.3, 0.4) is 0 Å². The second-order valence-electron chi connectivity index (χ2n) is 4.44. The fraction of sp³-hybridized carbons (Fsp3) is 0.333. The third kappa shape index (κ3) is 7.03. The number of nitrogens with one attached hydrogen (secondary N) is 1. The molecule has 0 aliphatic carbocycles. The third-order valence-corrected chi connectivity index (χ3v) is 2.67. The molecule has 0 unspecified atom stereocenters. The van der Waals surface area contributed by atoms with Crippen molar-refractivity contribution in [2.75, 3.05) is 27.4 Å². The van der Waals surface area contributed by atoms with Crippen LogP contribution in [0.5, 0.6) is 11.5 Å². The predicted molar refractivity (Wildman–Crippen MR) is 78.6 cm³/mol. The minimum atomic E-state index is -4.52. The van der Waals surface area contributed by atoms with Crippen molar-refractivity contribution < 1.29 is 37.0 Å². The fourth-order valence-electron chi connectivity index (χ4n) is 1.55. The maximum Gasteiger partial charge on any atom is 0.405 e. The van der Waals surface area contributed by atoms with Gasteiger partial charge in [0.15, 0.2) is 6.61 Å². The molecule has 0 aliphatic rings. The molecule has 1 rings (SSSR count). The van der Waals surface area contributed by atoms with E-state index in [-0.39, 0.29) is 0 Å². The summed E-state index contributed by atoms with van der Waals surface area (Å²) in [6.45, 7) is -2.29. The summed E-state index contributed by atoms with van der Waals surface area (Å²) in [6, 6.07) is 4.89. The largest absolute Gasteiger partial charge is 0.497 e. The first-order valence-corrected chi connectivity index (χ1v) is 6.65. The van der Waals surface area contributed by atoms with E-state index in [0.717, 1.165) is 6.08 Å². The fourth-order valence-corrected chi connectivity index (χ4v) is 1.55. The Morgan fingerprint density at radius 3 is 2.50 bits per heavy atom. The Bertz CT molecular complexity index is 614. The second-order valence-corrected chi connectivity index (χ2v) is 4.44. The van der Waals surface area contributed by atoms with E-state index in [0.29, 0.717) is 17.1 Å². The van der Waals surface area contributed by atoms with E-state index in [4.69, 9.17) is 9.47 Å². The lowest BCUT2D eigenvalue weighted by molar-refractivity contribution is -0.148. The van der Waals surface area contributed by atoms with E-state index in [2.05, 4.69) is 4.74 Å². The normalized spacial score (nSPS) is 11.2. The lowest BCUT2D eigenvalue weighted by Gasteiger charge is -2.08. The SMILES string of the molecule is COc1ccc(C=CC(=O)OCC(=O)NCC(F)(F)F)c(OC)c1. The summed E-state index contributed by atoms with van der Waals surface area (Å²) in [5.41, 5.74) is 0.553. The molecule has 6 nitrogen and oxygen atoms in total. The van der Waals surface area contributed by atoms with Crippen LogP contribution in [0.15, 0.2) is 24.3 Å². The molecule has 0 aromatic heterocycles. The van der Waals surface area contributed by atoms with Gasteiger partial charge in [0.1, 0.15) is 18.0 Å². The first kappa shape index (κ1) is 19.3. The van der Waals surface area contributed by atoms with Crippen LogP contribution in [0.25, 0.3) is 6.08 Å². The van der Waals surface area contributed by atoms with Crippen LogP contribution in [0, 0.1) is 0 Å². The highest BCUT2D eigenvalue weighted by Crippen LogP contribution is 2.25. The van der Waals surface area contributed by atoms with Gasteiger partial charge in [0.05, 0.1) is 14.2 Å². The molecule has 0 bridgehead atoms. The number of ether oxygens (including phenoxy) is 3. The maximum absolute atomic E-state index is 11.9. The number of benzene rings is 1. The number of hydrogen-bond donors (Lipinski definition) is 1. The molecule has 9 heteroatoms. The highest BCUT2D eigenvalue weighted by Gasteiger charge is 2.27. The molecule has 1 amide bonds. The Labute approximate surface area is 136 Å². The summed E-state index contributed by atoms with van der Waals surface area (Å²) in [7, 11) is 2.93. The van der Waals surface area contributed by atoms with Gasteiger partial charge in [-0.3, -0.25) is 4.79 Å². The Morgan fingerprint density at radius 2 is 1.92 bits per heavy atom. The van der Waals surface area contributed by atoms with Crippen LogP contribution in [0.2, 0.25) is 0 Å². The van der Waals surface area contributed by atoms with Gasteiger partial charge in [0.25, 0.3) is 5.91 Å². The summed E-state index contributed by atoms with van der Waals surface area (Å²) in [5, 5.41) is 1.58. The molecule has 0 aliphatic heterocycles. The molecule has 0 radical (unpaired) electrons. The van der Waals surface area contributed by atoms with Gasteiger partial charge in [-0.25, -0.2) is 4.79 Å². The number of hydrogen-bond acceptors (Lipinski definition) is 5. The highest BCUT2D eigenvalue weighted by atomic mass is 19.4. The van der Waals surface area contributed by atoms with E-state index in [1.54, 1.807) is 23.5 Å². The smallest absolute Gasteiger partial charge is 0.405 e. The number of esters is 1. The average molecular weight is 347 g/mol. The molecule has 1 N–H and O–H groups in total. The molecule has 0 saturated heterocycles. The van der Waals surface area contributed by atoms with Crippen molar-refractivity contribution in [3.05, 3.63) is 29.8 Å². The van der Waals surface area contributed by atoms with Crippen LogP contribution in [0.4, 0.5) is 13.2 Å². The van der Waals surface area contributed by atoms with Gasteiger partial charge < -0.3 is 19.5 Å². The first-order valence-electron chi connectivity index (χ1n) is 6.65. The van der Waals surface area contributed by atoms with E-state index >= 15 is 0 Å². The molecular weight excluding hydrogens is 331 g/mol. The Hall–Kier alpha value is -2.71. The summed E-state index contributed by atoms with van der Waals surface area (Å²) in [5.74, 6) is -0.916. The predicted octanol–water partition coefficient (Wildman–Crippen LogP) is 1.94. The van der Waals surface area contributed by atoms with E-state index in [9.17, 15) is 22.8 Å². The molecule has 1 aromatic rings. The quantitative estimate of drug-likeness (QED) is 0.603. The number of carbonyl (C=O) groups excluding carboxylic acids is 2. The van der Waals surface area contributed by atoms with Gasteiger partial charge in [-0.15, -0.1) is 0 Å². The Balaban J connectivity index is 2.53. The number of rotatable bonds is 7. The second kappa shape index (κ2) is 8.80. The van der Waals surface area contributed by atoms with Gasteiger partial charge in [-0.2, -0.15) is 13.2 Å². The zero-order valence-electron chi connectivity index (χ0n) is 13.0. The number of alkyl halides is 3. The van der Waals surface area contributed by atoms with Crippen LogP contribution < -0.4 is 14.8 Å². The van der Waals surface area contributed by atoms with Gasteiger partial charge in [0.2, 0.25) is 0 Å². The number of methoxy groups -OCH3 is 2. The molecular formula is C15H16F3NO5. The van der Waals surface area contributed by atoms with E-state index < -0.39 is 31.2 Å². The topological polar surface area (TPSA) is 73.9 Å². The molecule has 0 spiro atoms. The molecule has 132 valence electrons. The lowest BCUT2D eigenvalue weighted by Crippen LogP contribution is -2.36. The summed E-state index contributed by atoms with van der Waals surface area (Å²) in [4.78, 5) is 22.6. The summed E-state index contributed by atoms with van der Waals surface area (Å²) >= 11 is 0. The Morgan fingerprint density at radius 1 is 1.21 bits per heavy atom. The van der Waals surface area contributed by atoms with Crippen LogP contribution in [-0.2, 0) is 14.3 Å². The first-order chi connectivity index (χ1) is 11.2. The van der Waals surface area contributed by atoms with Crippen LogP contribution in [-0.4, -0.2) is 45.4 Å². The number of amides is 1. The lowest BCUT2D eigenvalue weighted by atomic mass is 10.2. The maximum atomic E-state index is 11.9. The minimum Gasteiger partial charge on any atom is -0.497 e. The van der Waals surface area contributed by atoms with E-state index in [1.165, 1.54) is 20.3 Å². The van der Waals surface area contributed by atoms with Crippen LogP contribution in [0.1, 0.15) is 5.56 Å². The number of halogens is 3. The summed E-state index contributed by atoms with van der Waals surface area (Å²) in [6.07, 6.45) is -2.11. The molecule has 24 heavy (non-hydrogen) atoms. The molecule has 0 fully saturated rings. The third-order valence-electron chi connectivity index (χ3n) is 2.67. The zero-order chi connectivity index (χ0) is 18.2. The van der Waals surface area contributed by atoms with Crippen molar-refractivity contribution in [2.45, 2.75) is 6.18 Å². The van der Waals surface area contributed by atoms with Crippen molar-refractivity contribution in [1.29, 1.82) is 0 Å². The average Bonchev–Trinajstić information content (AvgIpc) is 2.55. The monoisotopic (exact) mass is 347 g/mol. The van der Waals surface area contributed by atoms with Crippen molar-refractivity contribution >= 4 is 18.0 Å².